The predicted octanol–water partition coefficient (Wildman–Crippen LogP) is 1.05. The fourth-order valence-electron chi connectivity index (χ4n) is 3.03. The molecule has 2 unspecified atom stereocenters. The van der Waals surface area contributed by atoms with Crippen molar-refractivity contribution in [2.45, 2.75) is 27.3 Å². The molecule has 3 rings (SSSR count). The van der Waals surface area contributed by atoms with E-state index in [9.17, 15) is 9.59 Å². The van der Waals surface area contributed by atoms with Crippen LogP contribution in [-0.4, -0.2) is 33.2 Å². The number of piperidine rings is 1. The van der Waals surface area contributed by atoms with Gasteiger partial charge in [0, 0.05) is 6.54 Å². The van der Waals surface area contributed by atoms with Gasteiger partial charge in [0.25, 0.3) is 0 Å². The molecule has 1 aliphatic carbocycles. The molecule has 20 heavy (non-hydrogen) atoms. The lowest BCUT2D eigenvalue weighted by molar-refractivity contribution is -0.143. The van der Waals surface area contributed by atoms with Gasteiger partial charge >= 0.3 is 0 Å². The molecule has 2 atom stereocenters. The molecular formula is C14H18N4O2. The molecule has 0 radical (unpaired) electrons. The van der Waals surface area contributed by atoms with Gasteiger partial charge in [0.2, 0.25) is 11.8 Å². The van der Waals surface area contributed by atoms with Gasteiger partial charge in [-0.1, -0.05) is 13.8 Å². The van der Waals surface area contributed by atoms with E-state index in [4.69, 9.17) is 0 Å². The molecule has 0 bridgehead atoms. The van der Waals surface area contributed by atoms with Crippen LogP contribution in [0, 0.1) is 17.3 Å². The van der Waals surface area contributed by atoms with E-state index >= 15 is 0 Å². The number of hydrogen-bond donors (Lipinski definition) is 1. The van der Waals surface area contributed by atoms with Crippen molar-refractivity contribution in [3.8, 4) is 0 Å². The number of nitrogens with one attached hydrogen (secondary N) is 1. The van der Waals surface area contributed by atoms with Gasteiger partial charge in [-0.25, -0.2) is 4.98 Å². The second kappa shape index (κ2) is 4.26. The Kier molecular flexibility index (Phi) is 2.77. The van der Waals surface area contributed by atoms with Crippen LogP contribution in [0.1, 0.15) is 26.5 Å². The molecule has 1 saturated carbocycles. The van der Waals surface area contributed by atoms with E-state index in [2.05, 4.69) is 15.3 Å². The third-order valence-corrected chi connectivity index (χ3v) is 4.27. The van der Waals surface area contributed by atoms with E-state index in [1.54, 1.807) is 12.4 Å². The van der Waals surface area contributed by atoms with Gasteiger partial charge in [-0.3, -0.25) is 19.5 Å². The molecule has 0 spiro atoms. The first-order chi connectivity index (χ1) is 9.46. The molecule has 1 N–H and O–H groups in total. The standard InChI is InChI=1S/C14H18N4O2/c1-4-15-9-6-16-8(5-17-9)7-18-12(19)10-11(13(18)20)14(10,2)3/h5-6,10-11H,4,7H2,1-3H3,(H,15,17). The van der Waals surface area contributed by atoms with E-state index in [1.807, 2.05) is 20.8 Å². The highest BCUT2D eigenvalue weighted by atomic mass is 16.2. The highest BCUT2D eigenvalue weighted by Crippen LogP contribution is 2.63. The zero-order valence-corrected chi connectivity index (χ0v) is 11.9. The van der Waals surface area contributed by atoms with Crippen LogP contribution in [-0.2, 0) is 16.1 Å². The van der Waals surface area contributed by atoms with Crippen molar-refractivity contribution in [2.24, 2.45) is 17.3 Å². The molecule has 106 valence electrons. The van der Waals surface area contributed by atoms with Crippen LogP contribution >= 0.6 is 0 Å². The molecule has 1 aromatic rings. The van der Waals surface area contributed by atoms with Crippen LogP contribution in [0.15, 0.2) is 12.4 Å². The first kappa shape index (κ1) is 13.0. The Balaban J connectivity index is 1.70. The molecule has 1 saturated heterocycles. The van der Waals surface area contributed by atoms with Gasteiger partial charge < -0.3 is 5.32 Å². The Morgan fingerprint density at radius 1 is 1.20 bits per heavy atom. The minimum absolute atomic E-state index is 0.0671. The van der Waals surface area contributed by atoms with E-state index in [-0.39, 0.29) is 35.6 Å². The summed E-state index contributed by atoms with van der Waals surface area (Å²) in [6.07, 6.45) is 3.22. The number of fused-ring (bicyclic) bond motifs is 1. The van der Waals surface area contributed by atoms with E-state index < -0.39 is 0 Å². The molecular weight excluding hydrogens is 256 g/mol. The molecule has 1 aliphatic heterocycles. The van der Waals surface area contributed by atoms with Gasteiger partial charge in [-0.05, 0) is 12.3 Å². The highest BCUT2D eigenvalue weighted by molar-refractivity contribution is 6.10. The zero-order chi connectivity index (χ0) is 14.5. The number of carbonyl (C=O) groups is 2. The minimum Gasteiger partial charge on any atom is -0.369 e. The Morgan fingerprint density at radius 2 is 1.85 bits per heavy atom. The van der Waals surface area contributed by atoms with Crippen molar-refractivity contribution in [3.05, 3.63) is 18.1 Å². The maximum absolute atomic E-state index is 12.2. The number of aromatic nitrogens is 2. The normalized spacial score (nSPS) is 26.6. The summed E-state index contributed by atoms with van der Waals surface area (Å²) in [6, 6.07) is 0. The summed E-state index contributed by atoms with van der Waals surface area (Å²) in [6.45, 7) is 6.92. The summed E-state index contributed by atoms with van der Waals surface area (Å²) in [5.41, 5.74) is 0.470. The van der Waals surface area contributed by atoms with Crippen molar-refractivity contribution in [3.63, 3.8) is 0 Å². The molecule has 2 fully saturated rings. The number of nitrogens with zero attached hydrogens (tertiary/aromatic N) is 3. The third-order valence-electron chi connectivity index (χ3n) is 4.27. The highest BCUT2D eigenvalue weighted by Gasteiger charge is 2.72. The number of carbonyl (C=O) groups excluding carboxylic acids is 2. The van der Waals surface area contributed by atoms with Crippen LogP contribution in [0.3, 0.4) is 0 Å². The van der Waals surface area contributed by atoms with Crippen LogP contribution in [0.2, 0.25) is 0 Å². The Bertz CT molecular complexity index is 543. The van der Waals surface area contributed by atoms with Gasteiger partial charge in [-0.2, -0.15) is 0 Å². The van der Waals surface area contributed by atoms with Gasteiger partial charge in [0.15, 0.2) is 0 Å². The smallest absolute Gasteiger partial charge is 0.234 e. The quantitative estimate of drug-likeness (QED) is 0.831. The zero-order valence-electron chi connectivity index (χ0n) is 11.9. The molecule has 1 aromatic heterocycles. The maximum atomic E-state index is 12.2. The van der Waals surface area contributed by atoms with Crippen LogP contribution in [0.4, 0.5) is 5.82 Å². The molecule has 2 amide bonds. The maximum Gasteiger partial charge on any atom is 0.234 e. The van der Waals surface area contributed by atoms with Crippen molar-refractivity contribution in [1.82, 2.24) is 14.9 Å². The summed E-state index contributed by atoms with van der Waals surface area (Å²) in [7, 11) is 0. The van der Waals surface area contributed by atoms with E-state index in [1.165, 1.54) is 4.90 Å². The lowest BCUT2D eigenvalue weighted by atomic mass is 10.1. The van der Waals surface area contributed by atoms with Crippen molar-refractivity contribution in [2.75, 3.05) is 11.9 Å². The summed E-state index contributed by atoms with van der Waals surface area (Å²) in [5, 5.41) is 3.05. The molecule has 2 heterocycles. The van der Waals surface area contributed by atoms with Gasteiger partial charge in [0.1, 0.15) is 5.82 Å². The van der Waals surface area contributed by atoms with Crippen molar-refractivity contribution in [1.29, 1.82) is 0 Å². The third kappa shape index (κ3) is 1.78. The van der Waals surface area contributed by atoms with E-state index in [0.717, 1.165) is 6.54 Å². The first-order valence-electron chi connectivity index (χ1n) is 6.86. The largest absolute Gasteiger partial charge is 0.369 e. The van der Waals surface area contributed by atoms with E-state index in [0.29, 0.717) is 11.5 Å². The fraction of sp³-hybridized carbons (Fsp3) is 0.571. The van der Waals surface area contributed by atoms with Crippen molar-refractivity contribution < 1.29 is 9.59 Å². The molecule has 6 heteroatoms. The average Bonchev–Trinajstić information content (AvgIpc) is 2.88. The van der Waals surface area contributed by atoms with Crippen LogP contribution in [0.5, 0.6) is 0 Å². The second-order valence-electron chi connectivity index (χ2n) is 5.96. The number of imide groups is 1. The molecule has 6 nitrogen and oxygen atoms in total. The Hall–Kier alpha value is -1.98. The lowest BCUT2D eigenvalue weighted by Gasteiger charge is -2.19. The molecule has 0 aromatic carbocycles. The van der Waals surface area contributed by atoms with Crippen molar-refractivity contribution >= 4 is 17.6 Å². The SMILES string of the molecule is CCNc1cnc(CN2C(=O)C3C(C2=O)C3(C)C)cn1. The summed E-state index contributed by atoms with van der Waals surface area (Å²) in [4.78, 5) is 34.1. The number of likely N-dealkylation sites (tertiary alicyclic amines) is 1. The second-order valence-corrected chi connectivity index (χ2v) is 5.96. The minimum atomic E-state index is -0.161. The monoisotopic (exact) mass is 274 g/mol. The number of anilines is 1. The summed E-state index contributed by atoms with van der Waals surface area (Å²) < 4.78 is 0. The predicted molar refractivity (Wildman–Crippen MR) is 72.5 cm³/mol. The van der Waals surface area contributed by atoms with Crippen LogP contribution < -0.4 is 5.32 Å². The van der Waals surface area contributed by atoms with Crippen LogP contribution in [0.25, 0.3) is 0 Å². The number of rotatable bonds is 4. The van der Waals surface area contributed by atoms with Gasteiger partial charge in [-0.15, -0.1) is 0 Å². The average molecular weight is 274 g/mol. The summed E-state index contributed by atoms with van der Waals surface area (Å²) in [5.74, 6) is 0.289. The Labute approximate surface area is 117 Å². The number of hydrogen-bond acceptors (Lipinski definition) is 5. The topological polar surface area (TPSA) is 75.2 Å². The fourth-order valence-corrected chi connectivity index (χ4v) is 3.03. The lowest BCUT2D eigenvalue weighted by Crippen LogP contribution is -2.35. The summed E-state index contributed by atoms with van der Waals surface area (Å²) >= 11 is 0. The molecule has 2 aliphatic rings. The Morgan fingerprint density at radius 3 is 2.35 bits per heavy atom. The number of amides is 2. The first-order valence-corrected chi connectivity index (χ1v) is 6.86. The van der Waals surface area contributed by atoms with Gasteiger partial charge in [0.05, 0.1) is 36.5 Å².